The highest BCUT2D eigenvalue weighted by Crippen LogP contribution is 2.26. The molecule has 0 atom stereocenters. The zero-order chi connectivity index (χ0) is 18.8. The molecule has 0 fully saturated rings. The predicted molar refractivity (Wildman–Crippen MR) is 105 cm³/mol. The molecule has 2 aromatic carbocycles. The SMILES string of the molecule is CCCCc1ccc(CCNC(=O)C=Cc2ccc(O)c(OC)c2)cc1. The number of nitrogens with one attached hydrogen (secondary N) is 1. The third kappa shape index (κ3) is 6.28. The zero-order valence-corrected chi connectivity index (χ0v) is 15.5. The minimum Gasteiger partial charge on any atom is -0.504 e. The first-order valence-electron chi connectivity index (χ1n) is 9.03. The number of phenolic OH excluding ortho intramolecular Hbond substituents is 1. The molecule has 0 aliphatic heterocycles. The van der Waals surface area contributed by atoms with E-state index in [1.807, 2.05) is 0 Å². The smallest absolute Gasteiger partial charge is 0.244 e. The minimum atomic E-state index is -0.142. The third-order valence-corrected chi connectivity index (χ3v) is 4.19. The van der Waals surface area contributed by atoms with E-state index >= 15 is 0 Å². The van der Waals surface area contributed by atoms with Gasteiger partial charge in [-0.3, -0.25) is 4.79 Å². The number of benzene rings is 2. The number of methoxy groups -OCH3 is 1. The molecule has 0 saturated carbocycles. The number of rotatable bonds is 9. The van der Waals surface area contributed by atoms with E-state index < -0.39 is 0 Å². The van der Waals surface area contributed by atoms with Gasteiger partial charge in [0.15, 0.2) is 11.5 Å². The van der Waals surface area contributed by atoms with E-state index in [1.165, 1.54) is 37.2 Å². The van der Waals surface area contributed by atoms with Crippen molar-refractivity contribution in [1.29, 1.82) is 0 Å². The van der Waals surface area contributed by atoms with Crippen molar-refractivity contribution in [2.75, 3.05) is 13.7 Å². The molecule has 4 nitrogen and oxygen atoms in total. The summed E-state index contributed by atoms with van der Waals surface area (Å²) < 4.78 is 5.05. The summed E-state index contributed by atoms with van der Waals surface area (Å²) >= 11 is 0. The Kier molecular flexibility index (Phi) is 7.75. The Hall–Kier alpha value is -2.75. The van der Waals surface area contributed by atoms with Crippen molar-refractivity contribution in [3.05, 3.63) is 65.2 Å². The predicted octanol–water partition coefficient (Wildman–Crippen LogP) is 4.12. The summed E-state index contributed by atoms with van der Waals surface area (Å²) in [4.78, 5) is 11.9. The third-order valence-electron chi connectivity index (χ3n) is 4.19. The molecule has 0 aliphatic rings. The van der Waals surface area contributed by atoms with Gasteiger partial charge in [0.2, 0.25) is 5.91 Å². The normalized spacial score (nSPS) is 10.8. The van der Waals surface area contributed by atoms with Crippen LogP contribution in [0.2, 0.25) is 0 Å². The second-order valence-electron chi connectivity index (χ2n) is 6.23. The molecule has 1 amide bonds. The lowest BCUT2D eigenvalue weighted by atomic mass is 10.0. The lowest BCUT2D eigenvalue weighted by Gasteiger charge is -2.05. The molecule has 0 heterocycles. The fourth-order valence-corrected chi connectivity index (χ4v) is 2.61. The van der Waals surface area contributed by atoms with Gasteiger partial charge >= 0.3 is 0 Å². The van der Waals surface area contributed by atoms with Gasteiger partial charge in [0, 0.05) is 12.6 Å². The fraction of sp³-hybridized carbons (Fsp3) is 0.318. The van der Waals surface area contributed by atoms with Crippen molar-refractivity contribution in [3.63, 3.8) is 0 Å². The van der Waals surface area contributed by atoms with E-state index in [1.54, 1.807) is 24.3 Å². The van der Waals surface area contributed by atoms with E-state index in [0.29, 0.717) is 12.3 Å². The molecule has 4 heteroatoms. The van der Waals surface area contributed by atoms with E-state index in [4.69, 9.17) is 4.74 Å². The molecule has 26 heavy (non-hydrogen) atoms. The monoisotopic (exact) mass is 353 g/mol. The maximum atomic E-state index is 11.9. The van der Waals surface area contributed by atoms with Crippen molar-refractivity contribution in [1.82, 2.24) is 5.32 Å². The van der Waals surface area contributed by atoms with Crippen LogP contribution in [0.5, 0.6) is 11.5 Å². The zero-order valence-electron chi connectivity index (χ0n) is 15.5. The van der Waals surface area contributed by atoms with Gasteiger partial charge < -0.3 is 15.2 Å². The maximum absolute atomic E-state index is 11.9. The first-order valence-corrected chi connectivity index (χ1v) is 9.03. The maximum Gasteiger partial charge on any atom is 0.244 e. The molecule has 0 spiro atoms. The van der Waals surface area contributed by atoms with E-state index in [0.717, 1.165) is 18.4 Å². The van der Waals surface area contributed by atoms with Crippen molar-refractivity contribution in [2.45, 2.75) is 32.6 Å². The molecular weight excluding hydrogens is 326 g/mol. The molecule has 0 aliphatic carbocycles. The van der Waals surface area contributed by atoms with E-state index in [9.17, 15) is 9.90 Å². The number of amides is 1. The number of hydrogen-bond acceptors (Lipinski definition) is 3. The molecule has 2 N–H and O–H groups in total. The summed E-state index contributed by atoms with van der Waals surface area (Å²) in [7, 11) is 1.49. The van der Waals surface area contributed by atoms with Gasteiger partial charge in [0.05, 0.1) is 7.11 Å². The van der Waals surface area contributed by atoms with Gasteiger partial charge in [0.1, 0.15) is 0 Å². The summed E-state index contributed by atoms with van der Waals surface area (Å²) in [5.74, 6) is 0.321. The van der Waals surface area contributed by atoms with Gasteiger partial charge in [0.25, 0.3) is 0 Å². The Morgan fingerprint density at radius 3 is 2.46 bits per heavy atom. The summed E-state index contributed by atoms with van der Waals surface area (Å²) in [6.07, 6.45) is 7.54. The molecule has 0 radical (unpaired) electrons. The standard InChI is InChI=1S/C22H27NO3/c1-3-4-5-17-6-8-18(9-7-17)14-15-23-22(25)13-11-19-10-12-20(24)21(16-19)26-2/h6-13,16,24H,3-5,14-15H2,1-2H3,(H,23,25). The van der Waals surface area contributed by atoms with Crippen LogP contribution in [0.3, 0.4) is 0 Å². The highest BCUT2D eigenvalue weighted by atomic mass is 16.5. The average Bonchev–Trinajstić information content (AvgIpc) is 2.66. The van der Waals surface area contributed by atoms with Crippen LogP contribution in [0, 0.1) is 0 Å². The van der Waals surface area contributed by atoms with Crippen LogP contribution in [0.25, 0.3) is 6.08 Å². The number of phenols is 1. The summed E-state index contributed by atoms with van der Waals surface area (Å²) in [6, 6.07) is 13.6. The first kappa shape index (κ1) is 19.6. The van der Waals surface area contributed by atoms with Crippen LogP contribution in [-0.4, -0.2) is 24.7 Å². The first-order chi connectivity index (χ1) is 12.6. The molecule has 0 unspecified atom stereocenters. The Morgan fingerprint density at radius 1 is 1.12 bits per heavy atom. The van der Waals surface area contributed by atoms with Crippen molar-refractivity contribution in [2.24, 2.45) is 0 Å². The second kappa shape index (κ2) is 10.3. The van der Waals surface area contributed by atoms with E-state index in [-0.39, 0.29) is 11.7 Å². The molecule has 2 rings (SSSR count). The van der Waals surface area contributed by atoms with Crippen LogP contribution < -0.4 is 10.1 Å². The Morgan fingerprint density at radius 2 is 1.81 bits per heavy atom. The van der Waals surface area contributed by atoms with Gasteiger partial charge in [-0.05, 0) is 54.2 Å². The van der Waals surface area contributed by atoms with Gasteiger partial charge in [-0.25, -0.2) is 0 Å². The van der Waals surface area contributed by atoms with Crippen LogP contribution in [-0.2, 0) is 17.6 Å². The molecule has 138 valence electrons. The van der Waals surface area contributed by atoms with Crippen LogP contribution in [0.4, 0.5) is 0 Å². The number of carbonyl (C=O) groups is 1. The highest BCUT2D eigenvalue weighted by Gasteiger charge is 2.02. The fourth-order valence-electron chi connectivity index (χ4n) is 2.61. The van der Waals surface area contributed by atoms with Crippen LogP contribution >= 0.6 is 0 Å². The number of aryl methyl sites for hydroxylation is 1. The van der Waals surface area contributed by atoms with Gasteiger partial charge in [-0.1, -0.05) is 43.7 Å². The largest absolute Gasteiger partial charge is 0.504 e. The summed E-state index contributed by atoms with van der Waals surface area (Å²) in [6.45, 7) is 2.79. The Bertz CT molecular complexity index is 736. The van der Waals surface area contributed by atoms with Crippen molar-refractivity contribution < 1.29 is 14.6 Å². The molecular formula is C22H27NO3. The van der Waals surface area contributed by atoms with Crippen molar-refractivity contribution in [3.8, 4) is 11.5 Å². The molecule has 0 aromatic heterocycles. The average molecular weight is 353 g/mol. The number of hydrogen-bond donors (Lipinski definition) is 2. The minimum absolute atomic E-state index is 0.0785. The Balaban J connectivity index is 1.78. The second-order valence-corrected chi connectivity index (χ2v) is 6.23. The molecule has 0 saturated heterocycles. The van der Waals surface area contributed by atoms with E-state index in [2.05, 4.69) is 36.5 Å². The van der Waals surface area contributed by atoms with Gasteiger partial charge in [-0.15, -0.1) is 0 Å². The number of carbonyl (C=O) groups excluding carboxylic acids is 1. The quantitative estimate of drug-likeness (QED) is 0.667. The summed E-state index contributed by atoms with van der Waals surface area (Å²) in [5.41, 5.74) is 3.38. The topological polar surface area (TPSA) is 58.6 Å². The van der Waals surface area contributed by atoms with Crippen LogP contribution in [0.15, 0.2) is 48.5 Å². The van der Waals surface area contributed by atoms with Crippen molar-refractivity contribution >= 4 is 12.0 Å². The lowest BCUT2D eigenvalue weighted by Crippen LogP contribution is -2.23. The van der Waals surface area contributed by atoms with Gasteiger partial charge in [-0.2, -0.15) is 0 Å². The molecule has 2 aromatic rings. The Labute approximate surface area is 155 Å². The number of aromatic hydroxyl groups is 1. The molecule has 0 bridgehead atoms. The lowest BCUT2D eigenvalue weighted by molar-refractivity contribution is -0.116. The highest BCUT2D eigenvalue weighted by molar-refractivity contribution is 5.91. The van der Waals surface area contributed by atoms with Crippen LogP contribution in [0.1, 0.15) is 36.5 Å². The number of ether oxygens (including phenoxy) is 1. The summed E-state index contributed by atoms with van der Waals surface area (Å²) in [5, 5.41) is 12.5. The number of unbranched alkanes of at least 4 members (excludes halogenated alkanes) is 1.